The summed E-state index contributed by atoms with van der Waals surface area (Å²) in [7, 11) is 1.42. The Bertz CT molecular complexity index is 487. The summed E-state index contributed by atoms with van der Waals surface area (Å²) in [4.78, 5) is 29.2. The molecule has 1 fully saturated rings. The SMILES string of the molecule is CCOC(=O)C1CCCN(c2ccc([N+](C)=O)nc2)C1. The highest BCUT2D eigenvalue weighted by Crippen LogP contribution is 2.24. The molecule has 0 aromatic carbocycles. The molecule has 2 rings (SSSR count). The van der Waals surface area contributed by atoms with Gasteiger partial charge in [0, 0.05) is 19.2 Å². The average molecular weight is 278 g/mol. The first-order valence-electron chi connectivity index (χ1n) is 6.90. The van der Waals surface area contributed by atoms with Gasteiger partial charge in [0.05, 0.1) is 18.2 Å². The van der Waals surface area contributed by atoms with E-state index in [1.165, 1.54) is 7.05 Å². The fourth-order valence-corrected chi connectivity index (χ4v) is 2.42. The number of piperidine rings is 1. The molecule has 0 aliphatic carbocycles. The molecule has 0 bridgehead atoms. The van der Waals surface area contributed by atoms with Crippen LogP contribution in [-0.2, 0) is 9.53 Å². The van der Waals surface area contributed by atoms with E-state index < -0.39 is 0 Å². The standard InChI is InChI=1S/C14H20N3O3/c1-3-20-14(18)11-5-4-8-17(10-11)12-6-7-13(15-9-12)16(2)19/h6-7,9,11H,3-5,8,10H2,1-2H3/q+1. The number of anilines is 1. The molecule has 20 heavy (non-hydrogen) atoms. The van der Waals surface area contributed by atoms with Gasteiger partial charge >= 0.3 is 11.8 Å². The van der Waals surface area contributed by atoms with Crippen molar-refractivity contribution in [2.45, 2.75) is 19.8 Å². The summed E-state index contributed by atoms with van der Waals surface area (Å²) >= 11 is 0. The van der Waals surface area contributed by atoms with Gasteiger partial charge in [-0.15, -0.1) is 0 Å². The zero-order chi connectivity index (χ0) is 14.5. The Morgan fingerprint density at radius 1 is 1.55 bits per heavy atom. The molecule has 1 atom stereocenters. The third-order valence-electron chi connectivity index (χ3n) is 3.46. The molecule has 108 valence electrons. The van der Waals surface area contributed by atoms with Gasteiger partial charge in [0.25, 0.3) is 0 Å². The molecule has 0 N–H and O–H groups in total. The highest BCUT2D eigenvalue weighted by Gasteiger charge is 2.27. The summed E-state index contributed by atoms with van der Waals surface area (Å²) in [6.45, 7) is 3.78. The number of pyridine rings is 1. The van der Waals surface area contributed by atoms with Gasteiger partial charge in [0.2, 0.25) is 0 Å². The minimum Gasteiger partial charge on any atom is -0.466 e. The molecule has 1 aromatic rings. The molecule has 1 unspecified atom stereocenters. The molecule has 6 heteroatoms. The van der Waals surface area contributed by atoms with Crippen LogP contribution in [-0.4, -0.2) is 42.5 Å². The van der Waals surface area contributed by atoms with Crippen molar-refractivity contribution in [2.75, 3.05) is 31.6 Å². The number of ether oxygens (including phenoxy) is 1. The van der Waals surface area contributed by atoms with Gasteiger partial charge in [-0.05, 0) is 35.6 Å². The second-order valence-electron chi connectivity index (χ2n) is 4.91. The molecule has 2 heterocycles. The van der Waals surface area contributed by atoms with Gasteiger partial charge in [0.1, 0.15) is 7.05 Å². The Hall–Kier alpha value is -1.98. The van der Waals surface area contributed by atoms with E-state index in [0.717, 1.165) is 29.8 Å². The molecule has 0 radical (unpaired) electrons. The number of rotatable bonds is 4. The van der Waals surface area contributed by atoms with Crippen LogP contribution in [0.1, 0.15) is 19.8 Å². The van der Waals surface area contributed by atoms with Gasteiger partial charge in [-0.3, -0.25) is 4.79 Å². The van der Waals surface area contributed by atoms with Crippen molar-refractivity contribution in [2.24, 2.45) is 5.92 Å². The predicted molar refractivity (Wildman–Crippen MR) is 75.0 cm³/mol. The quantitative estimate of drug-likeness (QED) is 0.622. The third-order valence-corrected chi connectivity index (χ3v) is 3.46. The Morgan fingerprint density at radius 3 is 2.95 bits per heavy atom. The lowest BCUT2D eigenvalue weighted by Crippen LogP contribution is -2.39. The molecule has 0 saturated carbocycles. The zero-order valence-corrected chi connectivity index (χ0v) is 11.9. The first kappa shape index (κ1) is 14.4. The molecule has 1 aliphatic rings. The van der Waals surface area contributed by atoms with Gasteiger partial charge in [-0.2, -0.15) is 0 Å². The minimum absolute atomic E-state index is 0.0782. The number of aromatic nitrogens is 1. The van der Waals surface area contributed by atoms with Crippen LogP contribution in [0.15, 0.2) is 18.3 Å². The number of esters is 1. The van der Waals surface area contributed by atoms with E-state index in [0.29, 0.717) is 19.0 Å². The molecule has 1 aromatic heterocycles. The van der Waals surface area contributed by atoms with Crippen molar-refractivity contribution in [3.05, 3.63) is 23.2 Å². The summed E-state index contributed by atoms with van der Waals surface area (Å²) < 4.78 is 5.81. The van der Waals surface area contributed by atoms with Crippen LogP contribution in [0.2, 0.25) is 0 Å². The number of carbonyl (C=O) groups excluding carboxylic acids is 1. The van der Waals surface area contributed by atoms with Gasteiger partial charge in [0.15, 0.2) is 6.20 Å². The van der Waals surface area contributed by atoms with Crippen LogP contribution in [0.5, 0.6) is 0 Å². The maximum Gasteiger partial charge on any atom is 0.360 e. The first-order chi connectivity index (χ1) is 9.61. The molecule has 0 amide bonds. The maximum atomic E-state index is 11.8. The van der Waals surface area contributed by atoms with Crippen LogP contribution in [0.4, 0.5) is 11.5 Å². The Morgan fingerprint density at radius 2 is 2.35 bits per heavy atom. The van der Waals surface area contributed by atoms with E-state index in [2.05, 4.69) is 9.88 Å². The molecule has 1 aliphatic heterocycles. The van der Waals surface area contributed by atoms with Crippen molar-refractivity contribution in [1.82, 2.24) is 4.98 Å². The van der Waals surface area contributed by atoms with Crippen LogP contribution >= 0.6 is 0 Å². The van der Waals surface area contributed by atoms with E-state index in [1.54, 1.807) is 12.3 Å². The Balaban J connectivity index is 2.04. The van der Waals surface area contributed by atoms with Crippen molar-refractivity contribution in [3.8, 4) is 0 Å². The summed E-state index contributed by atoms with van der Waals surface area (Å²) in [6.07, 6.45) is 3.49. The van der Waals surface area contributed by atoms with Crippen LogP contribution in [0, 0.1) is 10.8 Å². The molecule has 1 saturated heterocycles. The van der Waals surface area contributed by atoms with E-state index in [1.807, 2.05) is 13.0 Å². The minimum atomic E-state index is -0.124. The average Bonchev–Trinajstić information content (AvgIpc) is 2.48. The highest BCUT2D eigenvalue weighted by molar-refractivity contribution is 5.73. The third kappa shape index (κ3) is 3.31. The van der Waals surface area contributed by atoms with Gasteiger partial charge in [-0.25, -0.2) is 0 Å². The van der Waals surface area contributed by atoms with Gasteiger partial charge < -0.3 is 9.64 Å². The van der Waals surface area contributed by atoms with E-state index in [9.17, 15) is 9.70 Å². The smallest absolute Gasteiger partial charge is 0.360 e. The topological polar surface area (TPSA) is 62.5 Å². The van der Waals surface area contributed by atoms with Crippen LogP contribution < -0.4 is 4.90 Å². The lowest BCUT2D eigenvalue weighted by Gasteiger charge is -2.32. The Kier molecular flexibility index (Phi) is 4.65. The van der Waals surface area contributed by atoms with Gasteiger partial charge in [-0.1, -0.05) is 4.91 Å². The van der Waals surface area contributed by atoms with Crippen molar-refractivity contribution in [3.63, 3.8) is 0 Å². The summed E-state index contributed by atoms with van der Waals surface area (Å²) in [5.74, 6) is 0.180. The monoisotopic (exact) mass is 278 g/mol. The number of hydrogen-bond donors (Lipinski definition) is 0. The van der Waals surface area contributed by atoms with E-state index in [-0.39, 0.29) is 11.9 Å². The maximum absolute atomic E-state index is 11.8. The lowest BCUT2D eigenvalue weighted by atomic mass is 9.98. The number of carbonyl (C=O) groups is 1. The Labute approximate surface area is 118 Å². The number of hydrogen-bond acceptors (Lipinski definition) is 5. The lowest BCUT2D eigenvalue weighted by molar-refractivity contribution is -0.432. The second kappa shape index (κ2) is 6.45. The number of nitrogens with zero attached hydrogens (tertiary/aromatic N) is 3. The normalized spacial score (nSPS) is 18.7. The fraction of sp³-hybridized carbons (Fsp3) is 0.571. The van der Waals surface area contributed by atoms with Crippen molar-refractivity contribution < 1.29 is 14.3 Å². The molecular weight excluding hydrogens is 258 g/mol. The molecular formula is C14H20N3O3+. The summed E-state index contributed by atoms with van der Waals surface area (Å²) in [6, 6.07) is 3.56. The zero-order valence-electron chi connectivity index (χ0n) is 11.9. The van der Waals surface area contributed by atoms with Crippen LogP contribution in [0.25, 0.3) is 0 Å². The number of nitroso groups, excluding NO2 is 1. The first-order valence-corrected chi connectivity index (χ1v) is 6.90. The second-order valence-corrected chi connectivity index (χ2v) is 4.91. The van der Waals surface area contributed by atoms with Crippen LogP contribution in [0.3, 0.4) is 0 Å². The largest absolute Gasteiger partial charge is 0.466 e. The summed E-state index contributed by atoms with van der Waals surface area (Å²) in [5.41, 5.74) is 0.935. The molecule has 0 spiro atoms. The van der Waals surface area contributed by atoms with Crippen molar-refractivity contribution >= 4 is 17.5 Å². The van der Waals surface area contributed by atoms with Crippen molar-refractivity contribution in [1.29, 1.82) is 0 Å². The molecule has 6 nitrogen and oxygen atoms in total. The van der Waals surface area contributed by atoms with E-state index >= 15 is 0 Å². The van der Waals surface area contributed by atoms with E-state index in [4.69, 9.17) is 4.74 Å². The summed E-state index contributed by atoms with van der Waals surface area (Å²) in [5, 5.41) is 0. The highest BCUT2D eigenvalue weighted by atomic mass is 16.5. The fourth-order valence-electron chi connectivity index (χ4n) is 2.42. The predicted octanol–water partition coefficient (Wildman–Crippen LogP) is 1.90.